The number of cyclic esters (lactones) is 1. The molecular formula is C39H40FN7O8. The lowest BCUT2D eigenvalue weighted by atomic mass is 9.81. The third-order valence-corrected chi connectivity index (χ3v) is 10.7. The number of nitrogens with one attached hydrogen (secondary N) is 4. The molecule has 0 saturated heterocycles. The van der Waals surface area contributed by atoms with Crippen LogP contribution in [0.15, 0.2) is 47.3 Å². The van der Waals surface area contributed by atoms with Gasteiger partial charge in [-0.3, -0.25) is 24.0 Å². The van der Waals surface area contributed by atoms with Crippen LogP contribution in [0.2, 0.25) is 0 Å². The molecule has 0 saturated carbocycles. The maximum absolute atomic E-state index is 15.3. The summed E-state index contributed by atoms with van der Waals surface area (Å²) in [6, 6.07) is 10.2. The Morgan fingerprint density at radius 2 is 1.80 bits per heavy atom. The molecule has 3 atom stereocenters. The van der Waals surface area contributed by atoms with Crippen LogP contribution in [0, 0.1) is 12.7 Å². The quantitative estimate of drug-likeness (QED) is 0.103. The number of pyridine rings is 2. The van der Waals surface area contributed by atoms with Crippen LogP contribution in [0.5, 0.6) is 0 Å². The Morgan fingerprint density at radius 1 is 1.05 bits per heavy atom. The number of aliphatic hydroxyl groups is 1. The highest BCUT2D eigenvalue weighted by Gasteiger charge is 2.46. The van der Waals surface area contributed by atoms with Crippen LogP contribution in [-0.2, 0) is 60.3 Å². The summed E-state index contributed by atoms with van der Waals surface area (Å²) in [6.45, 7) is 1.92. The van der Waals surface area contributed by atoms with Crippen molar-refractivity contribution in [2.24, 2.45) is 5.73 Å². The van der Waals surface area contributed by atoms with E-state index in [4.69, 9.17) is 15.5 Å². The molecular weight excluding hydrogens is 713 g/mol. The Balaban J connectivity index is 1.17. The van der Waals surface area contributed by atoms with Gasteiger partial charge in [0.25, 0.3) is 5.56 Å². The highest BCUT2D eigenvalue weighted by molar-refractivity contribution is 5.95. The molecule has 2 aromatic heterocycles. The minimum Gasteiger partial charge on any atom is -0.458 e. The first-order chi connectivity index (χ1) is 26.3. The maximum Gasteiger partial charge on any atom is 0.343 e. The van der Waals surface area contributed by atoms with Gasteiger partial charge in [-0.1, -0.05) is 37.3 Å². The fourth-order valence-electron chi connectivity index (χ4n) is 7.79. The second-order valence-electron chi connectivity index (χ2n) is 14.0. The molecule has 0 spiro atoms. The van der Waals surface area contributed by atoms with Crippen LogP contribution in [0.1, 0.15) is 64.8 Å². The maximum atomic E-state index is 15.3. The summed E-state index contributed by atoms with van der Waals surface area (Å²) in [5.41, 5.74) is 7.38. The molecule has 2 aromatic carbocycles. The second-order valence-corrected chi connectivity index (χ2v) is 14.0. The number of carbonyl (C=O) groups excluding carboxylic acids is 5. The summed E-state index contributed by atoms with van der Waals surface area (Å²) in [5.74, 6) is -3.62. The Morgan fingerprint density at radius 3 is 2.53 bits per heavy atom. The van der Waals surface area contributed by atoms with E-state index in [-0.39, 0.29) is 43.7 Å². The van der Waals surface area contributed by atoms with Gasteiger partial charge in [0.2, 0.25) is 23.6 Å². The fourth-order valence-corrected chi connectivity index (χ4v) is 7.79. The van der Waals surface area contributed by atoms with Crippen LogP contribution in [0.25, 0.3) is 22.3 Å². The average Bonchev–Trinajstić information content (AvgIpc) is 3.55. The van der Waals surface area contributed by atoms with E-state index in [1.807, 2.05) is 6.07 Å². The Hall–Kier alpha value is -6.00. The molecule has 0 unspecified atom stereocenters. The molecule has 286 valence electrons. The van der Waals surface area contributed by atoms with Crippen LogP contribution in [0.3, 0.4) is 0 Å². The van der Waals surface area contributed by atoms with E-state index in [0.29, 0.717) is 51.8 Å². The first kappa shape index (κ1) is 37.3. The predicted octanol–water partition coefficient (Wildman–Crippen LogP) is 0.549. The van der Waals surface area contributed by atoms with Gasteiger partial charge in [-0.2, -0.15) is 0 Å². The number of ether oxygens (including phenoxy) is 1. The van der Waals surface area contributed by atoms with E-state index < -0.39 is 71.7 Å². The smallest absolute Gasteiger partial charge is 0.343 e. The number of hydrogen-bond donors (Lipinski definition) is 6. The first-order valence-corrected chi connectivity index (χ1v) is 18.0. The number of aromatic nitrogens is 2. The van der Waals surface area contributed by atoms with Crippen molar-refractivity contribution in [1.82, 2.24) is 30.8 Å². The van der Waals surface area contributed by atoms with E-state index >= 15 is 4.39 Å². The van der Waals surface area contributed by atoms with Crippen molar-refractivity contribution in [2.45, 2.75) is 70.4 Å². The van der Waals surface area contributed by atoms with E-state index in [1.54, 1.807) is 44.2 Å². The lowest BCUT2D eigenvalue weighted by Crippen LogP contribution is -2.52. The van der Waals surface area contributed by atoms with E-state index in [2.05, 4.69) is 21.3 Å². The van der Waals surface area contributed by atoms with Crippen LogP contribution >= 0.6 is 0 Å². The fraction of sp³-hybridized carbons (Fsp3) is 0.359. The minimum atomic E-state index is -2.03. The highest BCUT2D eigenvalue weighted by atomic mass is 19.1. The molecule has 1 aliphatic carbocycles. The molecule has 2 aliphatic heterocycles. The van der Waals surface area contributed by atoms with Crippen molar-refractivity contribution in [3.05, 3.63) is 97.6 Å². The number of benzene rings is 2. The van der Waals surface area contributed by atoms with Gasteiger partial charge in [0, 0.05) is 29.0 Å². The standard InChI is InChI=1S/C39H40FN7O8/c1-3-39(54)24-12-29-35-22(17-47(29)37(52)23(24)18-55-38(39)53)34-26(10-9-21-19(2)25(40)13-27(46-35)33(21)34)44-32(50)16-43-36(51)28(11-20-7-5-4-6-8-20)45-31(49)15-42-30(48)14-41/h4-8,12-13,26,28,54H,3,9-11,14-18,41H2,1-2H3,(H,42,48)(H,43,51)(H,44,50)(H,45,49)/t26-,28+,39+/m1/s1. The van der Waals surface area contributed by atoms with Crippen molar-refractivity contribution in [1.29, 1.82) is 0 Å². The molecule has 55 heavy (non-hydrogen) atoms. The summed E-state index contributed by atoms with van der Waals surface area (Å²) in [5, 5.41) is 22.6. The van der Waals surface area contributed by atoms with Crippen LogP contribution in [0.4, 0.5) is 4.39 Å². The van der Waals surface area contributed by atoms with Gasteiger partial charge in [0.15, 0.2) is 5.60 Å². The zero-order chi connectivity index (χ0) is 39.2. The normalized spacial score (nSPS) is 18.3. The van der Waals surface area contributed by atoms with Gasteiger partial charge < -0.3 is 41.4 Å². The van der Waals surface area contributed by atoms with E-state index in [0.717, 1.165) is 11.1 Å². The predicted molar refractivity (Wildman–Crippen MR) is 196 cm³/mol. The summed E-state index contributed by atoms with van der Waals surface area (Å²) in [7, 11) is 0. The molecule has 0 bridgehead atoms. The minimum absolute atomic E-state index is 0.0319. The zero-order valence-electron chi connectivity index (χ0n) is 30.2. The molecule has 4 amide bonds. The molecule has 3 aliphatic rings. The lowest BCUT2D eigenvalue weighted by Gasteiger charge is -2.31. The zero-order valence-corrected chi connectivity index (χ0v) is 30.2. The topological polar surface area (TPSA) is 224 Å². The Labute approximate surface area is 313 Å². The largest absolute Gasteiger partial charge is 0.458 e. The number of fused-ring (bicyclic) bond motifs is 5. The van der Waals surface area contributed by atoms with Gasteiger partial charge >= 0.3 is 5.97 Å². The van der Waals surface area contributed by atoms with Crippen molar-refractivity contribution in [3.8, 4) is 11.4 Å². The van der Waals surface area contributed by atoms with Gasteiger partial charge in [-0.25, -0.2) is 14.2 Å². The number of aryl methyl sites for hydroxylation is 1. The Kier molecular flexibility index (Phi) is 9.96. The van der Waals surface area contributed by atoms with Gasteiger partial charge in [-0.15, -0.1) is 0 Å². The molecule has 4 aromatic rings. The van der Waals surface area contributed by atoms with Crippen LogP contribution in [-0.4, -0.2) is 69.9 Å². The molecule has 4 heterocycles. The number of amides is 4. The number of nitrogens with two attached hydrogens (primary N) is 1. The van der Waals surface area contributed by atoms with E-state index in [9.17, 15) is 33.9 Å². The highest BCUT2D eigenvalue weighted by Crippen LogP contribution is 2.45. The van der Waals surface area contributed by atoms with Crippen molar-refractivity contribution >= 4 is 40.5 Å². The molecule has 7 N–H and O–H groups in total. The molecule has 0 radical (unpaired) electrons. The summed E-state index contributed by atoms with van der Waals surface area (Å²) in [6.07, 6.45) is 0.876. The van der Waals surface area contributed by atoms with Gasteiger partial charge in [-0.05, 0) is 54.5 Å². The lowest BCUT2D eigenvalue weighted by molar-refractivity contribution is -0.172. The number of hydrogen-bond acceptors (Lipinski definition) is 10. The monoisotopic (exact) mass is 753 g/mol. The van der Waals surface area contributed by atoms with Crippen LogP contribution < -0.4 is 32.6 Å². The van der Waals surface area contributed by atoms with Gasteiger partial charge in [0.1, 0.15) is 18.5 Å². The molecule has 7 rings (SSSR count). The number of rotatable bonds is 11. The molecule has 0 fully saturated rings. The van der Waals surface area contributed by atoms with Crippen molar-refractivity contribution in [3.63, 3.8) is 0 Å². The number of carbonyl (C=O) groups is 5. The third kappa shape index (κ3) is 6.71. The van der Waals surface area contributed by atoms with Gasteiger partial charge in [0.05, 0.1) is 54.7 Å². The second kappa shape index (κ2) is 14.7. The number of halogens is 1. The van der Waals surface area contributed by atoms with E-state index in [1.165, 1.54) is 10.6 Å². The number of esters is 1. The first-order valence-electron chi connectivity index (χ1n) is 18.0. The third-order valence-electron chi connectivity index (χ3n) is 10.7. The number of nitrogens with zero attached hydrogens (tertiary/aromatic N) is 2. The molecule has 15 nitrogen and oxygen atoms in total. The van der Waals surface area contributed by atoms with Crippen molar-refractivity contribution < 1.29 is 38.2 Å². The SMILES string of the molecule is CC[C@@]1(O)C(=O)OCc2c1cc1n(c2=O)Cc2c-1nc1cc(F)c(C)c3c1c2[C@H](NC(=O)CNC(=O)[C@H](Cc1ccccc1)NC(=O)CNC(=O)CN)CC3. The molecule has 16 heteroatoms. The summed E-state index contributed by atoms with van der Waals surface area (Å²) in [4.78, 5) is 82.6. The van der Waals surface area contributed by atoms with Crippen molar-refractivity contribution in [2.75, 3.05) is 19.6 Å². The Bertz CT molecular complexity index is 2350. The summed E-state index contributed by atoms with van der Waals surface area (Å²) < 4.78 is 22.0. The summed E-state index contributed by atoms with van der Waals surface area (Å²) >= 11 is 0. The average molecular weight is 754 g/mol.